The highest BCUT2D eigenvalue weighted by Crippen LogP contribution is 2.32. The van der Waals surface area contributed by atoms with E-state index in [1.807, 2.05) is 19.9 Å². The second-order valence-corrected chi connectivity index (χ2v) is 11.4. The van der Waals surface area contributed by atoms with Gasteiger partial charge in [0.15, 0.2) is 0 Å². The van der Waals surface area contributed by atoms with Gasteiger partial charge >= 0.3 is 0 Å². The summed E-state index contributed by atoms with van der Waals surface area (Å²) in [5.41, 5.74) is 4.12. The third-order valence-corrected chi connectivity index (χ3v) is 8.82. The van der Waals surface area contributed by atoms with Gasteiger partial charge in [0.1, 0.15) is 9.96 Å². The Labute approximate surface area is 200 Å². The molecule has 3 rings (SSSR count). The number of rotatable bonds is 8. The number of sulfonamides is 1. The van der Waals surface area contributed by atoms with Crippen molar-refractivity contribution in [2.24, 2.45) is 0 Å². The van der Waals surface area contributed by atoms with Crippen molar-refractivity contribution in [3.8, 4) is 5.75 Å². The van der Waals surface area contributed by atoms with Crippen LogP contribution in [-0.2, 0) is 10.0 Å². The lowest BCUT2D eigenvalue weighted by atomic mass is 9.93. The zero-order valence-corrected chi connectivity index (χ0v) is 21.4. The summed E-state index contributed by atoms with van der Waals surface area (Å²) in [4.78, 5) is 12.9. The summed E-state index contributed by atoms with van der Waals surface area (Å²) in [7, 11) is -0.448. The summed E-state index contributed by atoms with van der Waals surface area (Å²) in [5.74, 6) is 0.915. The predicted octanol–water partition coefficient (Wildman–Crippen LogP) is 5.50. The van der Waals surface area contributed by atoms with Crippen molar-refractivity contribution in [3.63, 3.8) is 0 Å². The fourth-order valence-corrected chi connectivity index (χ4v) is 6.03. The third-order valence-electron chi connectivity index (χ3n) is 5.66. The van der Waals surface area contributed by atoms with Gasteiger partial charge < -0.3 is 10.1 Å². The normalized spacial score (nSPS) is 12.5. The minimum atomic E-state index is -3.62. The topological polar surface area (TPSA) is 75.7 Å². The summed E-state index contributed by atoms with van der Waals surface area (Å²) in [5, 5.41) is 4.77. The van der Waals surface area contributed by atoms with Gasteiger partial charge in [-0.05, 0) is 84.3 Å². The zero-order valence-electron chi connectivity index (χ0n) is 19.7. The molecule has 0 radical (unpaired) electrons. The molecule has 0 aliphatic carbocycles. The molecular formula is C25H30N2O4S2. The first-order valence-corrected chi connectivity index (χ1v) is 13.0. The minimum absolute atomic E-state index is 0.206. The molecule has 1 heterocycles. The number of carbonyl (C=O) groups excluding carboxylic acids is 1. The van der Waals surface area contributed by atoms with Crippen LogP contribution in [0.25, 0.3) is 0 Å². The first kappa shape index (κ1) is 24.8. The van der Waals surface area contributed by atoms with E-state index in [1.54, 1.807) is 48.9 Å². The summed E-state index contributed by atoms with van der Waals surface area (Å²) < 4.78 is 32.4. The molecule has 0 saturated heterocycles. The number of nitrogens with zero attached hydrogens (tertiary/aromatic N) is 1. The molecular weight excluding hydrogens is 456 g/mol. The number of amides is 1. The Kier molecular flexibility index (Phi) is 7.49. The van der Waals surface area contributed by atoms with Gasteiger partial charge in [0.25, 0.3) is 15.9 Å². The Morgan fingerprint density at radius 2 is 1.73 bits per heavy atom. The maximum absolute atomic E-state index is 12.9. The number of carbonyl (C=O) groups is 1. The molecule has 2 aromatic carbocycles. The number of nitrogens with one attached hydrogen (secondary N) is 1. The van der Waals surface area contributed by atoms with E-state index in [4.69, 9.17) is 4.74 Å². The summed E-state index contributed by atoms with van der Waals surface area (Å²) >= 11 is 1.17. The molecule has 0 aliphatic rings. The molecule has 176 valence electrons. The Hall–Kier alpha value is -2.84. The second-order valence-electron chi connectivity index (χ2n) is 8.25. The van der Waals surface area contributed by atoms with Crippen LogP contribution >= 0.6 is 11.3 Å². The average molecular weight is 487 g/mol. The number of ether oxygens (including phenoxy) is 1. The molecule has 3 aromatic rings. The molecule has 6 nitrogen and oxygen atoms in total. The van der Waals surface area contributed by atoms with E-state index < -0.39 is 10.0 Å². The van der Waals surface area contributed by atoms with Crippen LogP contribution in [0, 0.1) is 6.92 Å². The van der Waals surface area contributed by atoms with E-state index in [9.17, 15) is 13.2 Å². The van der Waals surface area contributed by atoms with Crippen LogP contribution in [0.3, 0.4) is 0 Å². The second kappa shape index (κ2) is 9.97. The molecule has 1 N–H and O–H groups in total. The van der Waals surface area contributed by atoms with Crippen molar-refractivity contribution >= 4 is 33.0 Å². The van der Waals surface area contributed by atoms with E-state index >= 15 is 0 Å². The fraction of sp³-hybridized carbons (Fsp3) is 0.320. The Morgan fingerprint density at radius 1 is 1.06 bits per heavy atom. The van der Waals surface area contributed by atoms with E-state index in [1.165, 1.54) is 22.7 Å². The van der Waals surface area contributed by atoms with Crippen molar-refractivity contribution in [1.29, 1.82) is 0 Å². The van der Waals surface area contributed by atoms with Crippen molar-refractivity contribution in [3.05, 3.63) is 76.2 Å². The van der Waals surface area contributed by atoms with Crippen molar-refractivity contribution in [2.45, 2.75) is 43.9 Å². The Morgan fingerprint density at radius 3 is 2.27 bits per heavy atom. The lowest BCUT2D eigenvalue weighted by Crippen LogP contribution is -2.28. The van der Waals surface area contributed by atoms with Gasteiger partial charge in [-0.15, -0.1) is 11.3 Å². The summed E-state index contributed by atoms with van der Waals surface area (Å²) in [6, 6.07) is 13.7. The van der Waals surface area contributed by atoms with Gasteiger partial charge in [-0.1, -0.05) is 19.9 Å². The summed E-state index contributed by atoms with van der Waals surface area (Å²) in [6.45, 7) is 8.17. The number of methoxy groups -OCH3 is 1. The van der Waals surface area contributed by atoms with Gasteiger partial charge in [-0.25, -0.2) is 8.42 Å². The molecule has 0 bridgehead atoms. The molecule has 0 saturated carbocycles. The van der Waals surface area contributed by atoms with Gasteiger partial charge in [-0.2, -0.15) is 0 Å². The van der Waals surface area contributed by atoms with Gasteiger partial charge in [0.2, 0.25) is 0 Å². The monoisotopic (exact) mass is 486 g/mol. The third kappa shape index (κ3) is 5.23. The first-order valence-electron chi connectivity index (χ1n) is 10.7. The summed E-state index contributed by atoms with van der Waals surface area (Å²) in [6.07, 6.45) is 0. The van der Waals surface area contributed by atoms with Crippen LogP contribution in [0.15, 0.2) is 58.1 Å². The number of benzene rings is 2. The standard InChI is InChI=1S/C25H30N2O4S2/c1-16(2)21-15-22(17(3)14-23(21)31-6)18(4)26-25(28)19-9-11-20(12-10-19)27(5)33(29,30)24-8-7-13-32-24/h7-16,18H,1-6H3,(H,26,28)/t18-/m0/s1. The molecule has 0 fully saturated rings. The first-order chi connectivity index (χ1) is 15.6. The smallest absolute Gasteiger partial charge is 0.273 e. The van der Waals surface area contributed by atoms with Crippen LogP contribution < -0.4 is 14.4 Å². The molecule has 0 spiro atoms. The number of aryl methyl sites for hydroxylation is 1. The van der Waals surface area contributed by atoms with Crippen molar-refractivity contribution in [2.75, 3.05) is 18.5 Å². The van der Waals surface area contributed by atoms with Crippen molar-refractivity contribution < 1.29 is 17.9 Å². The molecule has 1 aromatic heterocycles. The SMILES string of the molecule is COc1cc(C)c([C@H](C)NC(=O)c2ccc(N(C)S(=O)(=O)c3cccs3)cc2)cc1C(C)C. The van der Waals surface area contributed by atoms with E-state index in [0.29, 0.717) is 11.3 Å². The lowest BCUT2D eigenvalue weighted by molar-refractivity contribution is 0.0940. The molecule has 0 unspecified atom stereocenters. The number of hydrogen-bond acceptors (Lipinski definition) is 5. The largest absolute Gasteiger partial charge is 0.496 e. The molecule has 1 amide bonds. The fourth-order valence-electron chi connectivity index (χ4n) is 3.67. The highest BCUT2D eigenvalue weighted by molar-refractivity contribution is 7.94. The number of hydrogen-bond donors (Lipinski definition) is 1. The number of thiophene rings is 1. The molecule has 0 aliphatic heterocycles. The van der Waals surface area contributed by atoms with Gasteiger partial charge in [0, 0.05) is 12.6 Å². The van der Waals surface area contributed by atoms with E-state index in [2.05, 4.69) is 25.2 Å². The van der Waals surface area contributed by atoms with Gasteiger partial charge in [-0.3, -0.25) is 9.10 Å². The van der Waals surface area contributed by atoms with Crippen LogP contribution in [0.5, 0.6) is 5.75 Å². The molecule has 8 heteroatoms. The van der Waals surface area contributed by atoms with Crippen LogP contribution in [0.1, 0.15) is 59.8 Å². The van der Waals surface area contributed by atoms with Gasteiger partial charge in [0.05, 0.1) is 18.8 Å². The zero-order chi connectivity index (χ0) is 24.3. The lowest BCUT2D eigenvalue weighted by Gasteiger charge is -2.21. The Balaban J connectivity index is 1.77. The average Bonchev–Trinajstić information content (AvgIpc) is 3.34. The van der Waals surface area contributed by atoms with Crippen molar-refractivity contribution in [1.82, 2.24) is 5.32 Å². The molecule has 33 heavy (non-hydrogen) atoms. The highest BCUT2D eigenvalue weighted by Gasteiger charge is 2.23. The van der Waals surface area contributed by atoms with Crippen LogP contribution in [0.2, 0.25) is 0 Å². The Bertz CT molecular complexity index is 1220. The predicted molar refractivity (Wildman–Crippen MR) is 134 cm³/mol. The highest BCUT2D eigenvalue weighted by atomic mass is 32.2. The molecule has 1 atom stereocenters. The van der Waals surface area contributed by atoms with Crippen LogP contribution in [0.4, 0.5) is 5.69 Å². The maximum Gasteiger partial charge on any atom is 0.273 e. The van der Waals surface area contributed by atoms with E-state index in [-0.39, 0.29) is 22.1 Å². The van der Waals surface area contributed by atoms with Crippen LogP contribution in [-0.4, -0.2) is 28.5 Å². The maximum atomic E-state index is 12.9. The minimum Gasteiger partial charge on any atom is -0.496 e. The van der Waals surface area contributed by atoms with E-state index in [0.717, 1.165) is 22.4 Å². The quantitative estimate of drug-likeness (QED) is 0.456. The number of anilines is 1.